The zero-order valence-electron chi connectivity index (χ0n) is 9.33. The van der Waals surface area contributed by atoms with Crippen LogP contribution in [0.4, 0.5) is 0 Å². The summed E-state index contributed by atoms with van der Waals surface area (Å²) >= 11 is 0. The Hall–Kier alpha value is -1.11. The molecule has 1 nitrogen and oxygen atoms in total. The molecule has 1 heteroatoms. The van der Waals surface area contributed by atoms with Crippen molar-refractivity contribution in [1.82, 2.24) is 0 Å². The molecule has 0 heterocycles. The normalized spacial score (nSPS) is 25.8. The highest BCUT2D eigenvalue weighted by molar-refractivity contribution is 5.92. The molecule has 1 atom stereocenters. The van der Waals surface area contributed by atoms with Gasteiger partial charge in [-0.15, -0.1) is 0 Å². The predicted molar refractivity (Wildman–Crippen MR) is 61.9 cm³/mol. The number of rotatable bonds is 3. The summed E-state index contributed by atoms with van der Waals surface area (Å²) in [6.45, 7) is 2.16. The van der Waals surface area contributed by atoms with Crippen LogP contribution in [-0.4, -0.2) is 5.78 Å². The Morgan fingerprint density at radius 2 is 2.00 bits per heavy atom. The van der Waals surface area contributed by atoms with Crippen molar-refractivity contribution < 1.29 is 4.79 Å². The Balaban J connectivity index is 2.39. The van der Waals surface area contributed by atoms with Crippen LogP contribution in [0.3, 0.4) is 0 Å². The van der Waals surface area contributed by atoms with Crippen LogP contribution in [0.1, 0.15) is 44.6 Å². The Morgan fingerprint density at radius 3 is 2.53 bits per heavy atom. The number of carbonyl (C=O) groups excluding carboxylic acids is 1. The largest absolute Gasteiger partial charge is 0.299 e. The highest BCUT2D eigenvalue weighted by Gasteiger charge is 2.42. The van der Waals surface area contributed by atoms with Crippen molar-refractivity contribution in [2.24, 2.45) is 0 Å². The second kappa shape index (κ2) is 4.18. The quantitative estimate of drug-likeness (QED) is 0.733. The average Bonchev–Trinajstić information content (AvgIpc) is 2.63. The fourth-order valence-electron chi connectivity index (χ4n) is 2.83. The molecule has 1 saturated carbocycles. The van der Waals surface area contributed by atoms with E-state index in [-0.39, 0.29) is 5.41 Å². The van der Waals surface area contributed by atoms with Crippen molar-refractivity contribution in [1.29, 1.82) is 0 Å². The summed E-state index contributed by atoms with van der Waals surface area (Å²) < 4.78 is 0. The van der Waals surface area contributed by atoms with Gasteiger partial charge in [-0.05, 0) is 24.8 Å². The molecule has 2 rings (SSSR count). The highest BCUT2D eigenvalue weighted by atomic mass is 16.1. The molecule has 0 aliphatic heterocycles. The maximum Gasteiger partial charge on any atom is 0.143 e. The molecule has 1 aliphatic rings. The molecule has 0 radical (unpaired) electrons. The topological polar surface area (TPSA) is 17.1 Å². The van der Waals surface area contributed by atoms with Gasteiger partial charge in [-0.2, -0.15) is 0 Å². The molecule has 1 aliphatic carbocycles. The molecule has 1 aromatic rings. The molecular formula is C14H18O. The van der Waals surface area contributed by atoms with Gasteiger partial charge in [0.05, 0.1) is 5.41 Å². The summed E-state index contributed by atoms with van der Waals surface area (Å²) in [4.78, 5) is 12.1. The SMILES string of the molecule is CCC[C@@]1(c2ccccc2)CCCC1=O. The average molecular weight is 202 g/mol. The van der Waals surface area contributed by atoms with Crippen molar-refractivity contribution in [3.8, 4) is 0 Å². The second-order valence-electron chi connectivity index (χ2n) is 4.47. The van der Waals surface area contributed by atoms with Crippen LogP contribution in [0.25, 0.3) is 0 Å². The molecule has 80 valence electrons. The molecule has 0 saturated heterocycles. The predicted octanol–water partition coefficient (Wildman–Crippen LogP) is 3.48. The summed E-state index contributed by atoms with van der Waals surface area (Å²) in [5, 5.41) is 0. The summed E-state index contributed by atoms with van der Waals surface area (Å²) in [7, 11) is 0. The summed E-state index contributed by atoms with van der Waals surface area (Å²) in [6.07, 6.45) is 4.97. The molecular weight excluding hydrogens is 184 g/mol. The molecule has 0 unspecified atom stereocenters. The van der Waals surface area contributed by atoms with E-state index in [0.717, 1.165) is 32.1 Å². The number of ketones is 1. The monoisotopic (exact) mass is 202 g/mol. The summed E-state index contributed by atoms with van der Waals surface area (Å²) in [6, 6.07) is 10.3. The lowest BCUT2D eigenvalue weighted by molar-refractivity contribution is -0.122. The van der Waals surface area contributed by atoms with Crippen LogP contribution in [0.5, 0.6) is 0 Å². The lowest BCUT2D eigenvalue weighted by Crippen LogP contribution is -2.30. The molecule has 0 amide bonds. The first kappa shape index (κ1) is 10.4. The van der Waals surface area contributed by atoms with Crippen LogP contribution in [-0.2, 0) is 10.2 Å². The number of carbonyl (C=O) groups is 1. The first-order valence-corrected chi connectivity index (χ1v) is 5.88. The van der Waals surface area contributed by atoms with E-state index in [9.17, 15) is 4.79 Å². The number of hydrogen-bond acceptors (Lipinski definition) is 1. The smallest absolute Gasteiger partial charge is 0.143 e. The molecule has 0 spiro atoms. The number of Topliss-reactive ketones (excluding diaryl/α,β-unsaturated/α-hetero) is 1. The van der Waals surface area contributed by atoms with Crippen LogP contribution >= 0.6 is 0 Å². The minimum Gasteiger partial charge on any atom is -0.299 e. The van der Waals surface area contributed by atoms with Gasteiger partial charge < -0.3 is 0 Å². The first-order chi connectivity index (χ1) is 7.29. The van der Waals surface area contributed by atoms with E-state index in [1.165, 1.54) is 5.56 Å². The van der Waals surface area contributed by atoms with E-state index >= 15 is 0 Å². The molecule has 0 aromatic heterocycles. The van der Waals surface area contributed by atoms with Crippen LogP contribution < -0.4 is 0 Å². The third kappa shape index (κ3) is 1.71. The van der Waals surface area contributed by atoms with Crippen molar-refractivity contribution in [2.45, 2.75) is 44.4 Å². The van der Waals surface area contributed by atoms with E-state index in [1.807, 2.05) is 18.2 Å². The molecule has 1 aromatic carbocycles. The van der Waals surface area contributed by atoms with Gasteiger partial charge in [0.2, 0.25) is 0 Å². The third-order valence-electron chi connectivity index (χ3n) is 3.54. The lowest BCUT2D eigenvalue weighted by Gasteiger charge is -2.27. The van der Waals surface area contributed by atoms with Gasteiger partial charge in [-0.3, -0.25) is 4.79 Å². The van der Waals surface area contributed by atoms with Gasteiger partial charge >= 0.3 is 0 Å². The van der Waals surface area contributed by atoms with Gasteiger partial charge in [0.1, 0.15) is 5.78 Å². The molecule has 0 N–H and O–H groups in total. The van der Waals surface area contributed by atoms with Crippen LogP contribution in [0.2, 0.25) is 0 Å². The molecule has 15 heavy (non-hydrogen) atoms. The van der Waals surface area contributed by atoms with Crippen LogP contribution in [0.15, 0.2) is 30.3 Å². The van der Waals surface area contributed by atoms with Crippen LogP contribution in [0, 0.1) is 0 Å². The van der Waals surface area contributed by atoms with Crippen molar-refractivity contribution >= 4 is 5.78 Å². The number of hydrogen-bond donors (Lipinski definition) is 0. The standard InChI is InChI=1S/C14H18O/c1-2-10-14(11-6-9-13(14)15)12-7-4-3-5-8-12/h3-5,7-8H,2,6,9-11H2,1H3/t14-/m0/s1. The van der Waals surface area contributed by atoms with Crippen molar-refractivity contribution in [3.63, 3.8) is 0 Å². The van der Waals surface area contributed by atoms with E-state index in [2.05, 4.69) is 19.1 Å². The van der Waals surface area contributed by atoms with Crippen molar-refractivity contribution in [3.05, 3.63) is 35.9 Å². The second-order valence-corrected chi connectivity index (χ2v) is 4.47. The minimum atomic E-state index is -0.143. The maximum absolute atomic E-state index is 12.1. The van der Waals surface area contributed by atoms with Crippen molar-refractivity contribution in [2.75, 3.05) is 0 Å². The zero-order valence-corrected chi connectivity index (χ0v) is 9.33. The summed E-state index contributed by atoms with van der Waals surface area (Å²) in [5.74, 6) is 0.454. The Bertz CT molecular complexity index is 342. The Morgan fingerprint density at radius 1 is 1.27 bits per heavy atom. The number of benzene rings is 1. The van der Waals surface area contributed by atoms with E-state index < -0.39 is 0 Å². The molecule has 1 fully saturated rings. The van der Waals surface area contributed by atoms with Gasteiger partial charge in [0.25, 0.3) is 0 Å². The van der Waals surface area contributed by atoms with E-state index in [1.54, 1.807) is 0 Å². The summed E-state index contributed by atoms with van der Waals surface area (Å²) in [5.41, 5.74) is 1.09. The lowest BCUT2D eigenvalue weighted by atomic mass is 9.75. The first-order valence-electron chi connectivity index (χ1n) is 5.88. The van der Waals surface area contributed by atoms with Gasteiger partial charge in [-0.1, -0.05) is 43.7 Å². The van der Waals surface area contributed by atoms with Gasteiger partial charge in [0, 0.05) is 6.42 Å². The fraction of sp³-hybridized carbons (Fsp3) is 0.500. The zero-order chi connectivity index (χ0) is 10.7. The maximum atomic E-state index is 12.1. The molecule has 0 bridgehead atoms. The third-order valence-corrected chi connectivity index (χ3v) is 3.54. The Kier molecular flexibility index (Phi) is 2.90. The van der Waals surface area contributed by atoms with Gasteiger partial charge in [0.15, 0.2) is 0 Å². The Labute approximate surface area is 91.5 Å². The fourth-order valence-corrected chi connectivity index (χ4v) is 2.83. The van der Waals surface area contributed by atoms with E-state index in [0.29, 0.717) is 5.78 Å². The highest BCUT2D eigenvalue weighted by Crippen LogP contribution is 2.41. The van der Waals surface area contributed by atoms with Gasteiger partial charge in [-0.25, -0.2) is 0 Å². The minimum absolute atomic E-state index is 0.143. The van der Waals surface area contributed by atoms with E-state index in [4.69, 9.17) is 0 Å².